The van der Waals surface area contributed by atoms with Gasteiger partial charge in [-0.1, -0.05) is 19.9 Å². The Hall–Kier alpha value is -1.16. The summed E-state index contributed by atoms with van der Waals surface area (Å²) in [6, 6.07) is 5.79. The van der Waals surface area contributed by atoms with Gasteiger partial charge in [0, 0.05) is 24.2 Å². The number of hydrogen-bond acceptors (Lipinski definition) is 2. The van der Waals surface area contributed by atoms with E-state index in [1.54, 1.807) is 4.90 Å². The third kappa shape index (κ3) is 2.57. The van der Waals surface area contributed by atoms with Crippen molar-refractivity contribution in [2.24, 2.45) is 0 Å². The summed E-state index contributed by atoms with van der Waals surface area (Å²) in [4.78, 5) is 1.80. The van der Waals surface area contributed by atoms with Crippen LogP contribution in [0.5, 0.6) is 0 Å². The third-order valence-corrected chi connectivity index (χ3v) is 3.27. The highest BCUT2D eigenvalue weighted by Crippen LogP contribution is 2.34. The maximum Gasteiger partial charge on any atom is 0.251 e. The van der Waals surface area contributed by atoms with E-state index in [0.717, 1.165) is 5.56 Å². The number of rotatable bonds is 2. The van der Waals surface area contributed by atoms with Crippen LogP contribution in [-0.2, 0) is 12.0 Å². The summed E-state index contributed by atoms with van der Waals surface area (Å²) in [6.07, 6.45) is -2.28. The minimum Gasteiger partial charge on any atom is -0.399 e. The number of nitrogens with zero attached hydrogens (tertiary/aromatic N) is 1. The van der Waals surface area contributed by atoms with Gasteiger partial charge in [0.2, 0.25) is 0 Å². The Balaban J connectivity index is 2.31. The zero-order valence-corrected chi connectivity index (χ0v) is 10.2. The van der Waals surface area contributed by atoms with E-state index >= 15 is 0 Å². The van der Waals surface area contributed by atoms with E-state index in [4.69, 9.17) is 5.73 Å². The van der Waals surface area contributed by atoms with Gasteiger partial charge in [-0.2, -0.15) is 0 Å². The van der Waals surface area contributed by atoms with Crippen molar-refractivity contribution in [3.05, 3.63) is 29.3 Å². The van der Waals surface area contributed by atoms with Crippen molar-refractivity contribution in [3.8, 4) is 0 Å². The predicted octanol–water partition coefficient (Wildman–Crippen LogP) is 2.63. The van der Waals surface area contributed by atoms with Crippen molar-refractivity contribution in [1.29, 1.82) is 0 Å². The largest absolute Gasteiger partial charge is 0.399 e. The second-order valence-electron chi connectivity index (χ2n) is 5.36. The molecule has 0 fully saturated rings. The van der Waals surface area contributed by atoms with E-state index in [2.05, 4.69) is 13.8 Å². The van der Waals surface area contributed by atoms with Crippen molar-refractivity contribution in [1.82, 2.24) is 4.90 Å². The number of fused-ring (bicyclic) bond motifs is 1. The van der Waals surface area contributed by atoms with Crippen LogP contribution < -0.4 is 5.73 Å². The van der Waals surface area contributed by atoms with E-state index in [0.29, 0.717) is 18.8 Å². The van der Waals surface area contributed by atoms with Gasteiger partial charge in [-0.15, -0.1) is 0 Å². The first-order valence-electron chi connectivity index (χ1n) is 5.78. The number of nitrogens with two attached hydrogens (primary N) is 1. The van der Waals surface area contributed by atoms with Crippen molar-refractivity contribution in [3.63, 3.8) is 0 Å². The fourth-order valence-electron chi connectivity index (χ4n) is 2.67. The Morgan fingerprint density at radius 1 is 1.41 bits per heavy atom. The quantitative estimate of drug-likeness (QED) is 0.805. The van der Waals surface area contributed by atoms with Crippen LogP contribution in [0.3, 0.4) is 0 Å². The Labute approximate surface area is 100 Å². The molecule has 2 rings (SSSR count). The average molecular weight is 240 g/mol. The molecule has 1 aromatic rings. The van der Waals surface area contributed by atoms with E-state index < -0.39 is 6.43 Å². The molecule has 1 heterocycles. The highest BCUT2D eigenvalue weighted by atomic mass is 19.3. The molecule has 0 radical (unpaired) electrons. The Kier molecular flexibility index (Phi) is 3.08. The van der Waals surface area contributed by atoms with Crippen LogP contribution in [0, 0.1) is 0 Å². The van der Waals surface area contributed by atoms with Gasteiger partial charge in [-0.3, -0.25) is 4.90 Å². The molecule has 0 unspecified atom stereocenters. The maximum absolute atomic E-state index is 12.5. The summed E-state index contributed by atoms with van der Waals surface area (Å²) in [6.45, 7) is 5.22. The van der Waals surface area contributed by atoms with Gasteiger partial charge in [0.05, 0.1) is 6.54 Å². The molecule has 0 atom stereocenters. The monoisotopic (exact) mass is 240 g/mol. The molecule has 0 saturated carbocycles. The minimum atomic E-state index is -2.28. The summed E-state index contributed by atoms with van der Waals surface area (Å²) >= 11 is 0. The average Bonchev–Trinajstić information content (AvgIpc) is 2.13. The summed E-state index contributed by atoms with van der Waals surface area (Å²) in [5.41, 5.74) is 8.63. The van der Waals surface area contributed by atoms with Crippen molar-refractivity contribution in [2.45, 2.75) is 32.2 Å². The Morgan fingerprint density at radius 2 is 2.12 bits per heavy atom. The maximum atomic E-state index is 12.5. The highest BCUT2D eigenvalue weighted by Gasteiger charge is 2.32. The normalized spacial score (nSPS) is 19.4. The van der Waals surface area contributed by atoms with Crippen molar-refractivity contribution < 1.29 is 8.78 Å². The number of alkyl halides is 2. The van der Waals surface area contributed by atoms with Crippen LogP contribution in [-0.4, -0.2) is 24.4 Å². The molecule has 1 aliphatic rings. The van der Waals surface area contributed by atoms with Crippen LogP contribution in [0.2, 0.25) is 0 Å². The zero-order valence-electron chi connectivity index (χ0n) is 10.2. The van der Waals surface area contributed by atoms with Gasteiger partial charge < -0.3 is 5.73 Å². The Morgan fingerprint density at radius 3 is 2.76 bits per heavy atom. The highest BCUT2D eigenvalue weighted by molar-refractivity contribution is 5.48. The van der Waals surface area contributed by atoms with E-state index in [1.807, 2.05) is 18.2 Å². The van der Waals surface area contributed by atoms with Crippen molar-refractivity contribution >= 4 is 5.69 Å². The minimum absolute atomic E-state index is 0.101. The van der Waals surface area contributed by atoms with Gasteiger partial charge >= 0.3 is 0 Å². The standard InChI is InChI=1S/C13H18F2N2/c1-13(2)8-17(7-12(14)15)6-9-5-10(16)3-4-11(9)13/h3-5,12H,6-8,16H2,1-2H3. The summed E-state index contributed by atoms with van der Waals surface area (Å²) in [7, 11) is 0. The van der Waals surface area contributed by atoms with Crippen LogP contribution in [0.1, 0.15) is 25.0 Å². The third-order valence-electron chi connectivity index (χ3n) is 3.27. The fourth-order valence-corrected chi connectivity index (χ4v) is 2.67. The second-order valence-corrected chi connectivity index (χ2v) is 5.36. The molecule has 4 heteroatoms. The van der Waals surface area contributed by atoms with Gasteiger partial charge in [0.1, 0.15) is 0 Å². The van der Waals surface area contributed by atoms with Gasteiger partial charge in [-0.25, -0.2) is 8.78 Å². The number of anilines is 1. The lowest BCUT2D eigenvalue weighted by atomic mass is 9.78. The van der Waals surface area contributed by atoms with E-state index in [1.165, 1.54) is 5.56 Å². The summed E-state index contributed by atoms with van der Waals surface area (Å²) in [5, 5.41) is 0. The zero-order chi connectivity index (χ0) is 12.6. The van der Waals surface area contributed by atoms with E-state index in [-0.39, 0.29) is 12.0 Å². The molecular weight excluding hydrogens is 222 g/mol. The van der Waals surface area contributed by atoms with Gasteiger partial charge in [0.25, 0.3) is 6.43 Å². The van der Waals surface area contributed by atoms with E-state index in [9.17, 15) is 8.78 Å². The first-order valence-corrected chi connectivity index (χ1v) is 5.78. The lowest BCUT2D eigenvalue weighted by Gasteiger charge is -2.39. The van der Waals surface area contributed by atoms with Crippen molar-refractivity contribution in [2.75, 3.05) is 18.8 Å². The first kappa shape index (κ1) is 12.3. The molecular formula is C13H18F2N2. The lowest BCUT2D eigenvalue weighted by molar-refractivity contribution is 0.0686. The van der Waals surface area contributed by atoms with Crippen LogP contribution >= 0.6 is 0 Å². The topological polar surface area (TPSA) is 29.3 Å². The fraction of sp³-hybridized carbons (Fsp3) is 0.538. The lowest BCUT2D eigenvalue weighted by Crippen LogP contribution is -2.43. The first-order chi connectivity index (χ1) is 7.88. The number of benzene rings is 1. The smallest absolute Gasteiger partial charge is 0.251 e. The molecule has 0 bridgehead atoms. The molecule has 17 heavy (non-hydrogen) atoms. The molecule has 2 N–H and O–H groups in total. The molecule has 0 aromatic heterocycles. The predicted molar refractivity (Wildman–Crippen MR) is 65.2 cm³/mol. The number of hydrogen-bond donors (Lipinski definition) is 1. The molecule has 2 nitrogen and oxygen atoms in total. The second kappa shape index (κ2) is 4.26. The SMILES string of the molecule is CC1(C)CN(CC(F)F)Cc2cc(N)ccc21. The molecule has 0 spiro atoms. The van der Waals surface area contributed by atoms with Crippen LogP contribution in [0.15, 0.2) is 18.2 Å². The summed E-state index contributed by atoms with van der Waals surface area (Å²) < 4.78 is 24.9. The van der Waals surface area contributed by atoms with Crippen LogP contribution in [0.25, 0.3) is 0 Å². The molecule has 1 aromatic carbocycles. The van der Waals surface area contributed by atoms with Crippen LogP contribution in [0.4, 0.5) is 14.5 Å². The van der Waals surface area contributed by atoms with Gasteiger partial charge in [-0.05, 0) is 23.3 Å². The number of halogens is 2. The molecule has 0 amide bonds. The molecule has 1 aliphatic heterocycles. The molecule has 0 saturated heterocycles. The molecule has 94 valence electrons. The Bertz CT molecular complexity index is 416. The van der Waals surface area contributed by atoms with Gasteiger partial charge in [0.15, 0.2) is 0 Å². The number of nitrogen functional groups attached to an aromatic ring is 1. The summed E-state index contributed by atoms with van der Waals surface area (Å²) in [5.74, 6) is 0. The molecule has 0 aliphatic carbocycles.